The average Bonchev–Trinajstić information content (AvgIpc) is 2.30. The number of sulfone groups is 1. The van der Waals surface area contributed by atoms with Gasteiger partial charge in [-0.1, -0.05) is 0 Å². The summed E-state index contributed by atoms with van der Waals surface area (Å²) in [7, 11) is -1.91. The summed E-state index contributed by atoms with van der Waals surface area (Å²) < 4.78 is 23.9. The Balaban J connectivity index is 0.00000196. The van der Waals surface area contributed by atoms with Gasteiger partial charge in [0, 0.05) is 18.8 Å². The highest BCUT2D eigenvalue weighted by Gasteiger charge is 2.17. The number of aryl methyl sites for hydroxylation is 1. The summed E-state index contributed by atoms with van der Waals surface area (Å²) in [5.74, 6) is -2.47. The summed E-state index contributed by atoms with van der Waals surface area (Å²) in [6.45, 7) is 0. The third-order valence-corrected chi connectivity index (χ3v) is 2.95. The van der Waals surface area contributed by atoms with Crippen LogP contribution in [0.2, 0.25) is 0 Å². The lowest BCUT2D eigenvalue weighted by Crippen LogP contribution is -2.16. The van der Waals surface area contributed by atoms with Crippen LogP contribution in [0.5, 0.6) is 0 Å². The van der Waals surface area contributed by atoms with Gasteiger partial charge in [0.2, 0.25) is 0 Å². The number of hydrogen-bond donors (Lipinski definition) is 1. The zero-order valence-electron chi connectivity index (χ0n) is 7.95. The number of carbonyl (C=O) groups is 1. The number of aliphatic carboxylic acids is 1. The van der Waals surface area contributed by atoms with E-state index >= 15 is 0 Å². The smallest absolute Gasteiger partial charge is 0.318 e. The Morgan fingerprint density at radius 1 is 1.60 bits per heavy atom. The molecule has 0 spiro atoms. The van der Waals surface area contributed by atoms with E-state index in [1.165, 1.54) is 10.9 Å². The van der Waals surface area contributed by atoms with Crippen molar-refractivity contribution in [2.45, 2.75) is 5.75 Å². The number of aromatic nitrogens is 2. The third-order valence-electron chi connectivity index (χ3n) is 1.49. The van der Waals surface area contributed by atoms with Gasteiger partial charge in [0.1, 0.15) is 5.75 Å². The molecular weight excluding hydrogens is 244 g/mol. The Hall–Kier alpha value is -1.08. The number of nitrogens with zero attached hydrogens (tertiary/aromatic N) is 2. The predicted octanol–water partition coefficient (Wildman–Crippen LogP) is -0.159. The van der Waals surface area contributed by atoms with Crippen LogP contribution in [0.3, 0.4) is 0 Å². The van der Waals surface area contributed by atoms with Crippen LogP contribution in [0.4, 0.5) is 0 Å². The minimum absolute atomic E-state index is 0. The van der Waals surface area contributed by atoms with Crippen LogP contribution >= 0.6 is 12.4 Å². The van der Waals surface area contributed by atoms with Crippen LogP contribution in [0.25, 0.3) is 0 Å². The van der Waals surface area contributed by atoms with Crippen molar-refractivity contribution in [1.29, 1.82) is 0 Å². The van der Waals surface area contributed by atoms with Crippen LogP contribution in [0.1, 0.15) is 5.56 Å². The summed E-state index contributed by atoms with van der Waals surface area (Å²) in [6.07, 6.45) is 2.94. The highest BCUT2D eigenvalue weighted by Crippen LogP contribution is 2.04. The van der Waals surface area contributed by atoms with Crippen molar-refractivity contribution in [3.63, 3.8) is 0 Å². The molecule has 1 N–H and O–H groups in total. The molecule has 0 aromatic carbocycles. The molecule has 8 heteroatoms. The number of carboxylic acids is 1. The van der Waals surface area contributed by atoms with Crippen molar-refractivity contribution in [2.75, 3.05) is 5.75 Å². The average molecular weight is 255 g/mol. The lowest BCUT2D eigenvalue weighted by atomic mass is 10.4. The van der Waals surface area contributed by atoms with Gasteiger partial charge in [-0.15, -0.1) is 12.4 Å². The molecule has 0 radical (unpaired) electrons. The minimum Gasteiger partial charge on any atom is -0.480 e. The first kappa shape index (κ1) is 13.9. The molecule has 0 amide bonds. The lowest BCUT2D eigenvalue weighted by molar-refractivity contribution is -0.134. The summed E-state index contributed by atoms with van der Waals surface area (Å²) in [5, 5.41) is 12.1. The highest BCUT2D eigenvalue weighted by atomic mass is 35.5. The molecule has 86 valence electrons. The van der Waals surface area contributed by atoms with E-state index in [1.807, 2.05) is 0 Å². The van der Waals surface area contributed by atoms with Gasteiger partial charge in [0.25, 0.3) is 0 Å². The van der Waals surface area contributed by atoms with E-state index in [4.69, 9.17) is 5.11 Å². The fourth-order valence-electron chi connectivity index (χ4n) is 1.04. The van der Waals surface area contributed by atoms with Crippen LogP contribution < -0.4 is 0 Å². The van der Waals surface area contributed by atoms with E-state index in [0.29, 0.717) is 5.56 Å². The van der Waals surface area contributed by atoms with Crippen molar-refractivity contribution in [3.05, 3.63) is 18.0 Å². The molecule has 0 atom stereocenters. The molecule has 0 unspecified atom stereocenters. The summed E-state index contributed by atoms with van der Waals surface area (Å²) in [5.41, 5.74) is 0.494. The first-order chi connectivity index (χ1) is 6.39. The zero-order chi connectivity index (χ0) is 10.8. The molecule has 1 aromatic rings. The van der Waals surface area contributed by atoms with Crippen molar-refractivity contribution in [1.82, 2.24) is 9.78 Å². The van der Waals surface area contributed by atoms with E-state index in [1.54, 1.807) is 13.2 Å². The van der Waals surface area contributed by atoms with E-state index in [9.17, 15) is 13.2 Å². The normalized spacial score (nSPS) is 10.7. The van der Waals surface area contributed by atoms with Crippen molar-refractivity contribution < 1.29 is 18.3 Å². The summed E-state index contributed by atoms with van der Waals surface area (Å²) >= 11 is 0. The SMILES string of the molecule is Cl.Cn1cc(CS(=O)(=O)CC(=O)O)cn1. The summed E-state index contributed by atoms with van der Waals surface area (Å²) in [4.78, 5) is 10.2. The second-order valence-electron chi connectivity index (χ2n) is 2.95. The second-order valence-corrected chi connectivity index (χ2v) is 5.01. The number of rotatable bonds is 4. The Kier molecular flexibility index (Phi) is 4.76. The monoisotopic (exact) mass is 254 g/mol. The molecule has 0 aliphatic rings. The molecular formula is C7H11ClN2O4S. The largest absolute Gasteiger partial charge is 0.480 e. The van der Waals surface area contributed by atoms with Crippen LogP contribution in [-0.2, 0) is 27.4 Å². The maximum absolute atomic E-state index is 11.2. The fourth-order valence-corrected chi connectivity index (χ4v) is 2.17. The molecule has 6 nitrogen and oxygen atoms in total. The Morgan fingerprint density at radius 3 is 2.60 bits per heavy atom. The first-order valence-electron chi connectivity index (χ1n) is 3.79. The van der Waals surface area contributed by atoms with Gasteiger partial charge in [-0.25, -0.2) is 8.42 Å². The third kappa shape index (κ3) is 4.80. The zero-order valence-corrected chi connectivity index (χ0v) is 9.58. The molecule has 1 heterocycles. The van der Waals surface area contributed by atoms with Crippen LogP contribution in [0, 0.1) is 0 Å². The number of carboxylic acid groups (broad SMARTS) is 1. The molecule has 0 saturated heterocycles. The van der Waals surface area contributed by atoms with Gasteiger partial charge < -0.3 is 5.11 Å². The van der Waals surface area contributed by atoms with E-state index in [2.05, 4.69) is 5.10 Å². The van der Waals surface area contributed by atoms with Gasteiger partial charge in [-0.3, -0.25) is 9.48 Å². The second kappa shape index (κ2) is 5.13. The van der Waals surface area contributed by atoms with E-state index in [0.717, 1.165) is 0 Å². The molecule has 1 rings (SSSR count). The molecule has 1 aromatic heterocycles. The van der Waals surface area contributed by atoms with E-state index < -0.39 is 21.6 Å². The van der Waals surface area contributed by atoms with Gasteiger partial charge in [-0.05, 0) is 0 Å². The fraction of sp³-hybridized carbons (Fsp3) is 0.429. The standard InChI is InChI=1S/C7H10N2O4S.ClH/c1-9-3-6(2-8-9)4-14(12,13)5-7(10)11;/h2-3H,4-5H2,1H3,(H,10,11);1H. The summed E-state index contributed by atoms with van der Waals surface area (Å²) in [6, 6.07) is 0. The molecule has 0 aliphatic heterocycles. The predicted molar refractivity (Wildman–Crippen MR) is 55.6 cm³/mol. The van der Waals surface area contributed by atoms with Crippen molar-refractivity contribution in [3.8, 4) is 0 Å². The number of halogens is 1. The Bertz CT molecular complexity index is 440. The Labute approximate surface area is 93.2 Å². The van der Waals surface area contributed by atoms with Crippen LogP contribution in [0.15, 0.2) is 12.4 Å². The maximum atomic E-state index is 11.2. The van der Waals surface area contributed by atoms with Gasteiger partial charge in [-0.2, -0.15) is 5.10 Å². The maximum Gasteiger partial charge on any atom is 0.318 e. The number of hydrogen-bond acceptors (Lipinski definition) is 4. The molecule has 0 saturated carbocycles. The topological polar surface area (TPSA) is 89.3 Å². The van der Waals surface area contributed by atoms with Gasteiger partial charge in [0.05, 0.1) is 11.9 Å². The van der Waals surface area contributed by atoms with Crippen molar-refractivity contribution in [2.24, 2.45) is 7.05 Å². The molecule has 0 bridgehead atoms. The quantitative estimate of drug-likeness (QED) is 0.807. The van der Waals surface area contributed by atoms with E-state index in [-0.39, 0.29) is 18.2 Å². The molecule has 15 heavy (non-hydrogen) atoms. The molecule has 0 aliphatic carbocycles. The highest BCUT2D eigenvalue weighted by molar-refractivity contribution is 7.91. The van der Waals surface area contributed by atoms with Gasteiger partial charge in [0.15, 0.2) is 9.84 Å². The van der Waals surface area contributed by atoms with Crippen LogP contribution in [-0.4, -0.2) is 35.0 Å². The lowest BCUT2D eigenvalue weighted by Gasteiger charge is -1.97. The van der Waals surface area contributed by atoms with Crippen molar-refractivity contribution >= 4 is 28.2 Å². The molecule has 0 fully saturated rings. The minimum atomic E-state index is -3.57. The first-order valence-corrected chi connectivity index (χ1v) is 5.61. The van der Waals surface area contributed by atoms with Gasteiger partial charge >= 0.3 is 5.97 Å². The Morgan fingerprint density at radius 2 is 2.20 bits per heavy atom.